The number of alkyl halides is 1. The normalized spacial score (nSPS) is 12.3. The lowest BCUT2D eigenvalue weighted by atomic mass is 10.2. The van der Waals surface area contributed by atoms with Crippen LogP contribution >= 0.6 is 27.5 Å². The summed E-state index contributed by atoms with van der Waals surface area (Å²) in [7, 11) is 1.64. The van der Waals surface area contributed by atoms with E-state index in [4.69, 9.17) is 11.6 Å². The van der Waals surface area contributed by atoms with Crippen LogP contribution in [0.2, 0.25) is 0 Å². The Morgan fingerprint density at radius 3 is 2.81 bits per heavy atom. The first kappa shape index (κ1) is 13.5. The Kier molecular flexibility index (Phi) is 4.74. The maximum atomic E-state index is 13.0. The predicted molar refractivity (Wildman–Crippen MR) is 66.4 cm³/mol. The van der Waals surface area contributed by atoms with Crippen LogP contribution in [0, 0.1) is 5.82 Å². The molecule has 5 heteroatoms. The molecular formula is C11H12BrClFNO. The van der Waals surface area contributed by atoms with Crippen molar-refractivity contribution in [3.63, 3.8) is 0 Å². The molecule has 0 aromatic heterocycles. The van der Waals surface area contributed by atoms with Gasteiger partial charge in [0, 0.05) is 23.4 Å². The fourth-order valence-electron chi connectivity index (χ4n) is 1.33. The summed E-state index contributed by atoms with van der Waals surface area (Å²) in [5, 5.41) is -0.138. The minimum Gasteiger partial charge on any atom is -0.340 e. The van der Waals surface area contributed by atoms with Crippen LogP contribution in [0.15, 0.2) is 22.7 Å². The van der Waals surface area contributed by atoms with E-state index < -0.39 is 5.82 Å². The van der Waals surface area contributed by atoms with Gasteiger partial charge in [0.15, 0.2) is 0 Å². The molecular weight excluding hydrogens is 296 g/mol. The minimum absolute atomic E-state index is 0.138. The zero-order valence-electron chi connectivity index (χ0n) is 9.01. The highest BCUT2D eigenvalue weighted by molar-refractivity contribution is 9.10. The zero-order chi connectivity index (χ0) is 12.3. The van der Waals surface area contributed by atoms with Crippen LogP contribution < -0.4 is 0 Å². The van der Waals surface area contributed by atoms with Crippen LogP contribution in [-0.4, -0.2) is 29.8 Å². The van der Waals surface area contributed by atoms with Crippen molar-refractivity contribution in [3.8, 4) is 0 Å². The summed E-state index contributed by atoms with van der Waals surface area (Å²) in [6.07, 6.45) is 0. The summed E-state index contributed by atoms with van der Waals surface area (Å²) < 4.78 is 13.6. The van der Waals surface area contributed by atoms with Crippen molar-refractivity contribution in [2.75, 3.05) is 13.6 Å². The molecule has 16 heavy (non-hydrogen) atoms. The van der Waals surface area contributed by atoms with Crippen LogP contribution in [0.4, 0.5) is 4.39 Å². The number of hydrogen-bond acceptors (Lipinski definition) is 1. The minimum atomic E-state index is -0.432. The number of halogens is 3. The average Bonchev–Trinajstić information content (AvgIpc) is 2.19. The fourth-order valence-corrected chi connectivity index (χ4v) is 1.95. The van der Waals surface area contributed by atoms with Gasteiger partial charge in [0.2, 0.25) is 0 Å². The number of carbonyl (C=O) groups excluding carboxylic acids is 1. The molecule has 0 aliphatic rings. The molecule has 0 spiro atoms. The summed E-state index contributed by atoms with van der Waals surface area (Å²) in [5.41, 5.74) is 0.305. The molecule has 0 N–H and O–H groups in total. The topological polar surface area (TPSA) is 20.3 Å². The van der Waals surface area contributed by atoms with Gasteiger partial charge in [0.1, 0.15) is 5.82 Å². The number of carbonyl (C=O) groups is 1. The largest absolute Gasteiger partial charge is 0.340 e. The molecule has 1 amide bonds. The van der Waals surface area contributed by atoms with Crippen molar-refractivity contribution < 1.29 is 9.18 Å². The van der Waals surface area contributed by atoms with Gasteiger partial charge in [0.05, 0.1) is 5.56 Å². The van der Waals surface area contributed by atoms with Crippen molar-refractivity contribution in [1.82, 2.24) is 4.90 Å². The standard InChI is InChI=1S/C11H12BrClFNO/c1-7(13)6-15(2)11(16)9-5-8(14)3-4-10(9)12/h3-5,7H,6H2,1-2H3. The highest BCUT2D eigenvalue weighted by Gasteiger charge is 2.16. The molecule has 0 heterocycles. The Balaban J connectivity index is 2.91. The Hall–Kier alpha value is -0.610. The predicted octanol–water partition coefficient (Wildman–Crippen LogP) is 3.29. The Morgan fingerprint density at radius 2 is 2.25 bits per heavy atom. The molecule has 1 atom stereocenters. The lowest BCUT2D eigenvalue weighted by Gasteiger charge is -2.19. The number of hydrogen-bond donors (Lipinski definition) is 0. The van der Waals surface area contributed by atoms with Gasteiger partial charge in [-0.25, -0.2) is 4.39 Å². The van der Waals surface area contributed by atoms with Gasteiger partial charge in [-0.2, -0.15) is 0 Å². The second-order valence-electron chi connectivity index (χ2n) is 3.59. The van der Waals surface area contributed by atoms with Crippen molar-refractivity contribution in [3.05, 3.63) is 34.1 Å². The highest BCUT2D eigenvalue weighted by atomic mass is 79.9. The molecule has 1 aromatic rings. The van der Waals surface area contributed by atoms with E-state index in [1.54, 1.807) is 14.0 Å². The summed E-state index contributed by atoms with van der Waals surface area (Å²) in [5.74, 6) is -0.683. The quantitative estimate of drug-likeness (QED) is 0.785. The van der Waals surface area contributed by atoms with E-state index in [-0.39, 0.29) is 11.3 Å². The SMILES string of the molecule is CC(Cl)CN(C)C(=O)c1cc(F)ccc1Br. The molecule has 0 bridgehead atoms. The van der Waals surface area contributed by atoms with Crippen LogP contribution in [0.25, 0.3) is 0 Å². The maximum absolute atomic E-state index is 13.0. The monoisotopic (exact) mass is 307 g/mol. The summed E-state index contributed by atoms with van der Waals surface area (Å²) in [4.78, 5) is 13.4. The van der Waals surface area contributed by atoms with Gasteiger partial charge < -0.3 is 4.90 Å². The van der Waals surface area contributed by atoms with E-state index in [2.05, 4.69) is 15.9 Å². The second kappa shape index (κ2) is 5.64. The van der Waals surface area contributed by atoms with Crippen LogP contribution in [0.5, 0.6) is 0 Å². The third-order valence-corrected chi connectivity index (χ3v) is 2.86. The number of rotatable bonds is 3. The Bertz CT molecular complexity index is 398. The van der Waals surface area contributed by atoms with Gasteiger partial charge in [0.25, 0.3) is 5.91 Å². The molecule has 0 saturated carbocycles. The zero-order valence-corrected chi connectivity index (χ0v) is 11.3. The second-order valence-corrected chi connectivity index (χ2v) is 5.19. The van der Waals surface area contributed by atoms with Crippen LogP contribution in [0.1, 0.15) is 17.3 Å². The lowest BCUT2D eigenvalue weighted by Crippen LogP contribution is -2.31. The van der Waals surface area contributed by atoms with Crippen molar-refractivity contribution in [2.24, 2.45) is 0 Å². The maximum Gasteiger partial charge on any atom is 0.254 e. The summed E-state index contributed by atoms with van der Waals surface area (Å²) in [6.45, 7) is 2.22. The van der Waals surface area contributed by atoms with E-state index in [0.717, 1.165) is 0 Å². The summed E-state index contributed by atoms with van der Waals surface area (Å²) in [6, 6.07) is 4.02. The van der Waals surface area contributed by atoms with E-state index in [9.17, 15) is 9.18 Å². The van der Waals surface area contributed by atoms with E-state index in [0.29, 0.717) is 16.6 Å². The van der Waals surface area contributed by atoms with Gasteiger partial charge in [-0.15, -0.1) is 11.6 Å². The molecule has 1 aromatic carbocycles. The fraction of sp³-hybridized carbons (Fsp3) is 0.364. The molecule has 1 unspecified atom stereocenters. The lowest BCUT2D eigenvalue weighted by molar-refractivity contribution is 0.0795. The summed E-state index contributed by atoms with van der Waals surface area (Å²) >= 11 is 9.01. The van der Waals surface area contributed by atoms with E-state index in [1.807, 2.05) is 0 Å². The number of benzene rings is 1. The van der Waals surface area contributed by atoms with E-state index in [1.165, 1.54) is 23.1 Å². The van der Waals surface area contributed by atoms with Gasteiger partial charge in [-0.1, -0.05) is 0 Å². The van der Waals surface area contributed by atoms with Crippen molar-refractivity contribution in [1.29, 1.82) is 0 Å². The first-order chi connectivity index (χ1) is 7.41. The molecule has 0 aliphatic carbocycles. The first-order valence-corrected chi connectivity index (χ1v) is 5.99. The third kappa shape index (κ3) is 3.46. The molecule has 0 radical (unpaired) electrons. The van der Waals surface area contributed by atoms with E-state index >= 15 is 0 Å². The van der Waals surface area contributed by atoms with Gasteiger partial charge in [-0.3, -0.25) is 4.79 Å². The third-order valence-electron chi connectivity index (χ3n) is 2.03. The molecule has 0 fully saturated rings. The first-order valence-electron chi connectivity index (χ1n) is 4.76. The average molecular weight is 309 g/mol. The van der Waals surface area contributed by atoms with Gasteiger partial charge >= 0.3 is 0 Å². The number of amides is 1. The molecule has 0 saturated heterocycles. The van der Waals surface area contributed by atoms with Crippen LogP contribution in [-0.2, 0) is 0 Å². The molecule has 0 aliphatic heterocycles. The Labute approximate surface area is 108 Å². The highest BCUT2D eigenvalue weighted by Crippen LogP contribution is 2.19. The Morgan fingerprint density at radius 1 is 1.62 bits per heavy atom. The number of nitrogens with zero attached hydrogens (tertiary/aromatic N) is 1. The molecule has 88 valence electrons. The van der Waals surface area contributed by atoms with Gasteiger partial charge in [-0.05, 0) is 41.1 Å². The molecule has 1 rings (SSSR count). The molecule has 2 nitrogen and oxygen atoms in total. The van der Waals surface area contributed by atoms with Crippen LogP contribution in [0.3, 0.4) is 0 Å². The van der Waals surface area contributed by atoms with Crippen molar-refractivity contribution in [2.45, 2.75) is 12.3 Å². The smallest absolute Gasteiger partial charge is 0.254 e. The van der Waals surface area contributed by atoms with Crippen molar-refractivity contribution >= 4 is 33.4 Å².